The van der Waals surface area contributed by atoms with Crippen molar-refractivity contribution in [3.8, 4) is 0 Å². The number of carbonyl (C=O) groups excluding carboxylic acids is 1. The highest BCUT2D eigenvalue weighted by atomic mass is 32.1. The summed E-state index contributed by atoms with van der Waals surface area (Å²) in [6.45, 7) is 6.18. The molecule has 1 aromatic heterocycles. The van der Waals surface area contributed by atoms with E-state index < -0.39 is 0 Å². The molecule has 4 unspecified atom stereocenters. The summed E-state index contributed by atoms with van der Waals surface area (Å²) in [6.07, 6.45) is 0.171. The Morgan fingerprint density at radius 3 is 2.58 bits per heavy atom. The lowest BCUT2D eigenvalue weighted by Gasteiger charge is -2.16. The number of hydrogen-bond donors (Lipinski definition) is 0. The first-order valence-corrected chi connectivity index (χ1v) is 7.63. The van der Waals surface area contributed by atoms with Crippen molar-refractivity contribution in [1.82, 2.24) is 0 Å². The molecule has 19 heavy (non-hydrogen) atoms. The number of thiophene rings is 1. The highest BCUT2D eigenvalue weighted by Crippen LogP contribution is 2.37. The van der Waals surface area contributed by atoms with Crippen LogP contribution in [0.25, 0.3) is 10.1 Å². The molecule has 2 aromatic rings. The molecule has 0 bridgehead atoms. The van der Waals surface area contributed by atoms with E-state index in [-0.39, 0.29) is 29.8 Å². The van der Waals surface area contributed by atoms with Crippen LogP contribution in [0.5, 0.6) is 0 Å². The highest BCUT2D eigenvalue weighted by Gasteiger charge is 2.42. The van der Waals surface area contributed by atoms with Crippen LogP contribution in [0.15, 0.2) is 29.6 Å². The Balaban J connectivity index is 2.00. The van der Waals surface area contributed by atoms with Gasteiger partial charge >= 0.3 is 0 Å². The Bertz CT molecular complexity index is 616. The third-order valence-corrected chi connectivity index (χ3v) is 5.25. The second kappa shape index (κ2) is 4.73. The predicted octanol–water partition coefficient (Wildman–Crippen LogP) is 4.14. The van der Waals surface area contributed by atoms with Crippen molar-refractivity contribution in [1.29, 1.82) is 0 Å². The molecule has 4 atom stereocenters. The van der Waals surface area contributed by atoms with Gasteiger partial charge in [0.1, 0.15) is 0 Å². The van der Waals surface area contributed by atoms with Gasteiger partial charge in [0, 0.05) is 21.0 Å². The van der Waals surface area contributed by atoms with Gasteiger partial charge in [0.15, 0.2) is 5.78 Å². The summed E-state index contributed by atoms with van der Waals surface area (Å²) in [4.78, 5) is 12.8. The summed E-state index contributed by atoms with van der Waals surface area (Å²) in [5.74, 6) is 0.496. The maximum atomic E-state index is 12.8. The van der Waals surface area contributed by atoms with Crippen LogP contribution in [-0.4, -0.2) is 18.0 Å². The summed E-state index contributed by atoms with van der Waals surface area (Å²) < 4.78 is 6.98. The Labute approximate surface area is 117 Å². The van der Waals surface area contributed by atoms with Gasteiger partial charge in [-0.2, -0.15) is 0 Å². The second-order valence-corrected chi connectivity index (χ2v) is 6.35. The van der Waals surface area contributed by atoms with Crippen LogP contribution in [0.4, 0.5) is 0 Å². The molecule has 1 aliphatic heterocycles. The molecule has 100 valence electrons. The van der Waals surface area contributed by atoms with E-state index in [0.29, 0.717) is 0 Å². The molecule has 0 spiro atoms. The quantitative estimate of drug-likeness (QED) is 0.769. The van der Waals surface area contributed by atoms with Crippen molar-refractivity contribution < 1.29 is 9.53 Å². The zero-order valence-corrected chi connectivity index (χ0v) is 12.2. The van der Waals surface area contributed by atoms with E-state index in [9.17, 15) is 4.79 Å². The molecule has 2 nitrogen and oxygen atoms in total. The average molecular weight is 274 g/mol. The second-order valence-electron chi connectivity index (χ2n) is 5.44. The standard InChI is InChI=1S/C16H18O2S/c1-9-10(2)18-11(3)15(9)16(17)13-8-19-14-7-5-4-6-12(13)14/h4-11,15H,1-3H3. The van der Waals surface area contributed by atoms with Crippen LogP contribution in [0.2, 0.25) is 0 Å². The van der Waals surface area contributed by atoms with E-state index in [2.05, 4.69) is 19.9 Å². The number of fused-ring (bicyclic) bond motifs is 1. The molecule has 3 rings (SSSR count). The van der Waals surface area contributed by atoms with Gasteiger partial charge in [0.2, 0.25) is 0 Å². The minimum atomic E-state index is -0.0204. The van der Waals surface area contributed by atoms with Gasteiger partial charge < -0.3 is 4.74 Å². The Hall–Kier alpha value is -1.19. The Morgan fingerprint density at radius 2 is 1.89 bits per heavy atom. The molecule has 0 radical (unpaired) electrons. The number of Topliss-reactive ketones (excluding diaryl/α,β-unsaturated/α-hetero) is 1. The summed E-state index contributed by atoms with van der Waals surface area (Å²) in [7, 11) is 0. The van der Waals surface area contributed by atoms with Gasteiger partial charge in [-0.3, -0.25) is 4.79 Å². The Morgan fingerprint density at radius 1 is 1.16 bits per heavy atom. The van der Waals surface area contributed by atoms with Crippen molar-refractivity contribution in [3.05, 3.63) is 35.2 Å². The van der Waals surface area contributed by atoms with Crippen molar-refractivity contribution in [2.24, 2.45) is 11.8 Å². The fraction of sp³-hybridized carbons (Fsp3) is 0.438. The number of carbonyl (C=O) groups is 1. The maximum Gasteiger partial charge on any atom is 0.170 e. The van der Waals surface area contributed by atoms with Crippen LogP contribution in [-0.2, 0) is 4.74 Å². The Kier molecular flexibility index (Phi) is 3.19. The molecule has 1 aliphatic rings. The molecular weight excluding hydrogens is 256 g/mol. The minimum absolute atomic E-state index is 0.0103. The first-order valence-electron chi connectivity index (χ1n) is 6.75. The first kappa shape index (κ1) is 12.8. The van der Waals surface area contributed by atoms with E-state index in [1.165, 1.54) is 4.70 Å². The van der Waals surface area contributed by atoms with Crippen LogP contribution in [0.1, 0.15) is 31.1 Å². The SMILES string of the molecule is CC1OC(C)C(C(=O)c2csc3ccccc23)C1C. The van der Waals surface area contributed by atoms with Crippen molar-refractivity contribution in [2.75, 3.05) is 0 Å². The van der Waals surface area contributed by atoms with Gasteiger partial charge in [-0.05, 0) is 25.8 Å². The molecule has 0 amide bonds. The lowest BCUT2D eigenvalue weighted by Crippen LogP contribution is -2.26. The number of benzene rings is 1. The van der Waals surface area contributed by atoms with Gasteiger partial charge in [-0.15, -0.1) is 11.3 Å². The van der Waals surface area contributed by atoms with E-state index in [1.54, 1.807) is 11.3 Å². The van der Waals surface area contributed by atoms with E-state index in [4.69, 9.17) is 4.74 Å². The largest absolute Gasteiger partial charge is 0.374 e. The summed E-state index contributed by atoms with van der Waals surface area (Å²) in [5.41, 5.74) is 0.863. The molecule has 0 saturated carbocycles. The third-order valence-electron chi connectivity index (χ3n) is 4.29. The van der Waals surface area contributed by atoms with Gasteiger partial charge in [0.25, 0.3) is 0 Å². The molecular formula is C16H18O2S. The van der Waals surface area contributed by atoms with Crippen LogP contribution in [0, 0.1) is 11.8 Å². The third kappa shape index (κ3) is 2.01. The number of ether oxygens (including phenoxy) is 1. The molecule has 2 heterocycles. The fourth-order valence-corrected chi connectivity index (χ4v) is 4.02. The molecule has 0 aliphatic carbocycles. The molecule has 1 fully saturated rings. The van der Waals surface area contributed by atoms with Gasteiger partial charge in [0.05, 0.1) is 18.1 Å². The zero-order valence-electron chi connectivity index (χ0n) is 11.4. The summed E-state index contributed by atoms with van der Waals surface area (Å²) in [6, 6.07) is 8.11. The molecule has 3 heteroatoms. The van der Waals surface area contributed by atoms with Crippen LogP contribution >= 0.6 is 11.3 Å². The number of hydrogen-bond acceptors (Lipinski definition) is 3. The highest BCUT2D eigenvalue weighted by molar-refractivity contribution is 7.17. The summed E-state index contributed by atoms with van der Waals surface area (Å²) in [5, 5.41) is 3.08. The lowest BCUT2D eigenvalue weighted by atomic mass is 9.83. The van der Waals surface area contributed by atoms with Crippen molar-refractivity contribution >= 4 is 27.2 Å². The average Bonchev–Trinajstić information content (AvgIpc) is 2.91. The topological polar surface area (TPSA) is 26.3 Å². The van der Waals surface area contributed by atoms with Crippen molar-refractivity contribution in [2.45, 2.75) is 33.0 Å². The minimum Gasteiger partial charge on any atom is -0.374 e. The zero-order chi connectivity index (χ0) is 13.6. The number of ketones is 1. The van der Waals surface area contributed by atoms with Gasteiger partial charge in [-0.25, -0.2) is 0 Å². The first-order chi connectivity index (χ1) is 9.09. The normalized spacial score (nSPS) is 30.9. The van der Waals surface area contributed by atoms with Crippen LogP contribution < -0.4 is 0 Å². The summed E-state index contributed by atoms with van der Waals surface area (Å²) >= 11 is 1.64. The molecule has 1 aromatic carbocycles. The monoisotopic (exact) mass is 274 g/mol. The fourth-order valence-electron chi connectivity index (χ4n) is 3.07. The maximum absolute atomic E-state index is 12.8. The number of rotatable bonds is 2. The van der Waals surface area contributed by atoms with Crippen molar-refractivity contribution in [3.63, 3.8) is 0 Å². The predicted molar refractivity (Wildman–Crippen MR) is 78.8 cm³/mol. The smallest absolute Gasteiger partial charge is 0.170 e. The lowest BCUT2D eigenvalue weighted by molar-refractivity contribution is 0.0491. The van der Waals surface area contributed by atoms with E-state index in [0.717, 1.165) is 10.9 Å². The van der Waals surface area contributed by atoms with E-state index >= 15 is 0 Å². The van der Waals surface area contributed by atoms with Gasteiger partial charge in [-0.1, -0.05) is 25.1 Å². The molecule has 0 N–H and O–H groups in total. The molecule has 1 saturated heterocycles. The van der Waals surface area contributed by atoms with Crippen LogP contribution in [0.3, 0.4) is 0 Å². The van der Waals surface area contributed by atoms with E-state index in [1.807, 2.05) is 30.5 Å².